The lowest BCUT2D eigenvalue weighted by molar-refractivity contribution is -0.394. The number of carbonyl (C=O) groups excluding carboxylic acids is 1. The van der Waals surface area contributed by atoms with Crippen molar-refractivity contribution < 1.29 is 14.6 Å². The van der Waals surface area contributed by atoms with E-state index in [1.807, 2.05) is 0 Å². The fraction of sp³-hybridized carbons (Fsp3) is 0. The zero-order valence-corrected chi connectivity index (χ0v) is 12.6. The molecule has 2 N–H and O–H groups in total. The number of benzene rings is 1. The molecule has 0 fully saturated rings. The molecule has 24 heavy (non-hydrogen) atoms. The third-order valence-corrected chi connectivity index (χ3v) is 2.92. The summed E-state index contributed by atoms with van der Waals surface area (Å²) in [6.45, 7) is 0. The van der Waals surface area contributed by atoms with Crippen LogP contribution >= 0.6 is 12.2 Å². The van der Waals surface area contributed by atoms with Crippen LogP contribution in [0.1, 0.15) is 10.4 Å². The van der Waals surface area contributed by atoms with Crippen LogP contribution in [-0.2, 0) is 0 Å². The molecule has 11 heteroatoms. The van der Waals surface area contributed by atoms with E-state index in [2.05, 4.69) is 15.6 Å². The number of anilines is 1. The van der Waals surface area contributed by atoms with Gasteiger partial charge in [0, 0.05) is 18.3 Å². The molecule has 0 saturated carbocycles. The molecule has 0 aliphatic heterocycles. The van der Waals surface area contributed by atoms with Gasteiger partial charge in [-0.3, -0.25) is 30.3 Å². The van der Waals surface area contributed by atoms with Crippen molar-refractivity contribution in [2.45, 2.75) is 0 Å². The van der Waals surface area contributed by atoms with E-state index in [4.69, 9.17) is 12.2 Å². The zero-order valence-electron chi connectivity index (χ0n) is 11.8. The van der Waals surface area contributed by atoms with Crippen molar-refractivity contribution in [2.75, 3.05) is 5.32 Å². The fourth-order valence-electron chi connectivity index (χ4n) is 1.70. The minimum atomic E-state index is -0.825. The van der Waals surface area contributed by atoms with Gasteiger partial charge in [0.1, 0.15) is 5.82 Å². The molecule has 1 aromatic carbocycles. The van der Waals surface area contributed by atoms with Crippen LogP contribution in [0.2, 0.25) is 0 Å². The molecule has 0 radical (unpaired) electrons. The van der Waals surface area contributed by atoms with Crippen molar-refractivity contribution in [3.8, 4) is 0 Å². The number of nitrogens with zero attached hydrogens (tertiary/aromatic N) is 3. The molecule has 1 amide bonds. The number of hydrogen-bond donors (Lipinski definition) is 2. The largest absolute Gasteiger partial charge is 0.317 e. The Balaban J connectivity index is 2.18. The summed E-state index contributed by atoms with van der Waals surface area (Å²) in [5.41, 5.74) is -1.41. The lowest BCUT2D eigenvalue weighted by Crippen LogP contribution is -2.34. The summed E-state index contributed by atoms with van der Waals surface area (Å²) in [4.78, 5) is 36.0. The molecular formula is C13H9N5O5S. The van der Waals surface area contributed by atoms with Crippen molar-refractivity contribution in [3.63, 3.8) is 0 Å². The van der Waals surface area contributed by atoms with E-state index >= 15 is 0 Å². The maximum atomic E-state index is 12.1. The number of nitro groups is 2. The standard InChI is InChI=1S/C13H9N5O5S/c19-12(16-13(24)15-11-3-1-2-4-14-11)8-5-9(17(20)21)7-10(6-8)18(22)23/h1-7H,(H2,14,15,16,19,24). The molecule has 10 nitrogen and oxygen atoms in total. The van der Waals surface area contributed by atoms with Gasteiger partial charge < -0.3 is 5.32 Å². The Labute approximate surface area is 139 Å². The number of pyridine rings is 1. The van der Waals surface area contributed by atoms with Gasteiger partial charge in [-0.1, -0.05) is 6.07 Å². The van der Waals surface area contributed by atoms with E-state index in [1.165, 1.54) is 6.20 Å². The third kappa shape index (κ3) is 4.27. The topological polar surface area (TPSA) is 140 Å². The number of carbonyl (C=O) groups is 1. The number of nitrogens with one attached hydrogen (secondary N) is 2. The average Bonchev–Trinajstić information content (AvgIpc) is 2.55. The summed E-state index contributed by atoms with van der Waals surface area (Å²) in [5, 5.41) is 26.4. The minimum Gasteiger partial charge on any atom is -0.317 e. The van der Waals surface area contributed by atoms with Crippen LogP contribution in [0.5, 0.6) is 0 Å². The van der Waals surface area contributed by atoms with E-state index in [0.29, 0.717) is 5.82 Å². The van der Waals surface area contributed by atoms with Crippen molar-refractivity contribution in [1.82, 2.24) is 10.3 Å². The Hall–Kier alpha value is -3.47. The average molecular weight is 347 g/mol. The quantitative estimate of drug-likeness (QED) is 0.486. The molecule has 0 atom stereocenters. The highest BCUT2D eigenvalue weighted by Gasteiger charge is 2.20. The number of non-ortho nitro benzene ring substituents is 2. The summed E-state index contributed by atoms with van der Waals surface area (Å²) in [6, 6.07) is 7.61. The van der Waals surface area contributed by atoms with Crippen LogP contribution < -0.4 is 10.6 Å². The molecule has 0 saturated heterocycles. The highest BCUT2D eigenvalue weighted by Crippen LogP contribution is 2.22. The fourth-order valence-corrected chi connectivity index (χ4v) is 1.89. The summed E-state index contributed by atoms with van der Waals surface area (Å²) in [7, 11) is 0. The number of amides is 1. The van der Waals surface area contributed by atoms with Gasteiger partial charge >= 0.3 is 0 Å². The van der Waals surface area contributed by atoms with Gasteiger partial charge in [-0.2, -0.15) is 0 Å². The van der Waals surface area contributed by atoms with E-state index in [1.54, 1.807) is 18.2 Å². The van der Waals surface area contributed by atoms with Gasteiger partial charge in [0.05, 0.1) is 21.5 Å². The normalized spacial score (nSPS) is 9.83. The van der Waals surface area contributed by atoms with E-state index in [0.717, 1.165) is 18.2 Å². The highest BCUT2D eigenvalue weighted by atomic mass is 32.1. The first-order chi connectivity index (χ1) is 11.4. The Morgan fingerprint density at radius 3 is 2.21 bits per heavy atom. The monoisotopic (exact) mass is 347 g/mol. The molecule has 2 aromatic rings. The number of nitro benzene ring substituents is 2. The number of rotatable bonds is 4. The molecule has 0 spiro atoms. The first-order valence-electron chi connectivity index (χ1n) is 6.34. The second-order valence-corrected chi connectivity index (χ2v) is 4.78. The van der Waals surface area contributed by atoms with Gasteiger partial charge in [0.25, 0.3) is 17.3 Å². The van der Waals surface area contributed by atoms with Crippen molar-refractivity contribution in [1.29, 1.82) is 0 Å². The molecule has 0 unspecified atom stereocenters. The van der Waals surface area contributed by atoms with Gasteiger partial charge in [-0.25, -0.2) is 4.98 Å². The first-order valence-corrected chi connectivity index (χ1v) is 6.75. The Bertz CT molecular complexity index is 795. The molecular weight excluding hydrogens is 338 g/mol. The molecule has 0 aliphatic carbocycles. The third-order valence-electron chi connectivity index (χ3n) is 2.72. The lowest BCUT2D eigenvalue weighted by Gasteiger charge is -2.08. The predicted molar refractivity (Wildman–Crippen MR) is 87.7 cm³/mol. The van der Waals surface area contributed by atoms with Gasteiger partial charge in [0.15, 0.2) is 5.11 Å². The maximum absolute atomic E-state index is 12.1. The molecule has 1 heterocycles. The molecule has 0 aliphatic rings. The lowest BCUT2D eigenvalue weighted by atomic mass is 10.1. The SMILES string of the molecule is O=C(NC(=S)Nc1ccccn1)c1cc([N+](=O)[O-])cc([N+](=O)[O-])c1. The second kappa shape index (κ2) is 7.19. The Morgan fingerprint density at radius 2 is 1.71 bits per heavy atom. The maximum Gasteiger partial charge on any atom is 0.277 e. The van der Waals surface area contributed by atoms with E-state index in [-0.39, 0.29) is 10.7 Å². The molecule has 122 valence electrons. The second-order valence-electron chi connectivity index (χ2n) is 4.38. The smallest absolute Gasteiger partial charge is 0.277 e. The van der Waals surface area contributed by atoms with E-state index < -0.39 is 27.1 Å². The molecule has 1 aromatic heterocycles. The summed E-state index contributed by atoms with van der Waals surface area (Å²) in [5.74, 6) is -0.442. The van der Waals surface area contributed by atoms with Crippen molar-refractivity contribution >= 4 is 40.4 Å². The summed E-state index contributed by atoms with van der Waals surface area (Å²) >= 11 is 4.93. The zero-order chi connectivity index (χ0) is 17.7. The van der Waals surface area contributed by atoms with Crippen LogP contribution in [0.3, 0.4) is 0 Å². The minimum absolute atomic E-state index is 0.104. The van der Waals surface area contributed by atoms with E-state index in [9.17, 15) is 25.0 Å². The van der Waals surface area contributed by atoms with Gasteiger partial charge in [-0.15, -0.1) is 0 Å². The predicted octanol–water partition coefficient (Wildman–Crippen LogP) is 2.02. The molecule has 2 rings (SSSR count). The van der Waals surface area contributed by atoms with Crippen LogP contribution in [0.15, 0.2) is 42.6 Å². The van der Waals surface area contributed by atoms with Crippen molar-refractivity contribution in [3.05, 3.63) is 68.4 Å². The van der Waals surface area contributed by atoms with Crippen LogP contribution in [-0.4, -0.2) is 25.9 Å². The van der Waals surface area contributed by atoms with Crippen LogP contribution in [0.25, 0.3) is 0 Å². The van der Waals surface area contributed by atoms with Gasteiger partial charge in [-0.05, 0) is 24.4 Å². The number of aromatic nitrogens is 1. The Morgan fingerprint density at radius 1 is 1.08 bits per heavy atom. The summed E-state index contributed by atoms with van der Waals surface area (Å²) < 4.78 is 0. The van der Waals surface area contributed by atoms with Crippen LogP contribution in [0, 0.1) is 20.2 Å². The first kappa shape index (κ1) is 16.9. The number of thiocarbonyl (C=S) groups is 1. The molecule has 0 bridgehead atoms. The number of hydrogen-bond acceptors (Lipinski definition) is 7. The van der Waals surface area contributed by atoms with Crippen LogP contribution in [0.4, 0.5) is 17.2 Å². The van der Waals surface area contributed by atoms with Gasteiger partial charge in [0.2, 0.25) is 0 Å². The van der Waals surface area contributed by atoms with Crippen molar-refractivity contribution in [2.24, 2.45) is 0 Å². The highest BCUT2D eigenvalue weighted by molar-refractivity contribution is 7.80. The summed E-state index contributed by atoms with van der Waals surface area (Å²) in [6.07, 6.45) is 1.51. The Kier molecular flexibility index (Phi) is 5.06.